The molecule has 1 aromatic carbocycles. The number of aliphatic hydroxyl groups excluding tert-OH is 1. The highest BCUT2D eigenvalue weighted by molar-refractivity contribution is 5.92. The van der Waals surface area contributed by atoms with Crippen LogP contribution in [0.1, 0.15) is 18.1 Å². The fourth-order valence-corrected chi connectivity index (χ4v) is 2.28. The van der Waals surface area contributed by atoms with Gasteiger partial charge in [0.25, 0.3) is 0 Å². The molecule has 20 heavy (non-hydrogen) atoms. The molecule has 0 saturated carbocycles. The van der Waals surface area contributed by atoms with E-state index in [1.54, 1.807) is 18.3 Å². The quantitative estimate of drug-likeness (QED) is 0.800. The third-order valence-electron chi connectivity index (χ3n) is 3.25. The Balaban J connectivity index is 2.81. The van der Waals surface area contributed by atoms with Crippen LogP contribution >= 0.6 is 0 Å². The molecule has 0 amide bonds. The highest BCUT2D eigenvalue weighted by atomic mass is 16.3. The summed E-state index contributed by atoms with van der Waals surface area (Å²) in [5.74, 6) is -0.00480. The molecule has 0 spiro atoms. The van der Waals surface area contributed by atoms with E-state index in [9.17, 15) is 10.2 Å². The van der Waals surface area contributed by atoms with E-state index in [0.717, 1.165) is 0 Å². The van der Waals surface area contributed by atoms with E-state index in [0.29, 0.717) is 28.9 Å². The molecule has 0 saturated heterocycles. The predicted octanol–water partition coefficient (Wildman–Crippen LogP) is 2.04. The van der Waals surface area contributed by atoms with Crippen LogP contribution in [0.5, 0.6) is 5.75 Å². The zero-order chi connectivity index (χ0) is 14.7. The van der Waals surface area contributed by atoms with Crippen molar-refractivity contribution in [3.63, 3.8) is 0 Å². The Bertz CT molecular complexity index is 674. The molecule has 0 bridgehead atoms. The van der Waals surface area contributed by atoms with Crippen LogP contribution in [0.3, 0.4) is 0 Å². The molecule has 100 valence electrons. The van der Waals surface area contributed by atoms with Gasteiger partial charge in [-0.3, -0.25) is 0 Å². The topological polar surface area (TPSA) is 91.3 Å². The molecule has 0 atom stereocenters. The summed E-state index contributed by atoms with van der Waals surface area (Å²) in [5, 5.41) is 37.4. The van der Waals surface area contributed by atoms with Gasteiger partial charge in [-0.1, -0.05) is 0 Å². The maximum absolute atomic E-state index is 9.86. The first-order valence-electron chi connectivity index (χ1n) is 6.13. The van der Waals surface area contributed by atoms with Gasteiger partial charge in [-0.05, 0) is 25.1 Å². The van der Waals surface area contributed by atoms with E-state index >= 15 is 0 Å². The third-order valence-corrected chi connectivity index (χ3v) is 3.25. The summed E-state index contributed by atoms with van der Waals surface area (Å²) >= 11 is 0. The standard InChI is InChI=1S/C15H13N3O2/c1-2-18-6-5-11(10(7-16)8-17)12-3-4-14(20)13(9-19)15(12)18/h3-6,19-20H,2,9H2,1H3. The normalized spacial score (nSPS) is 12.6. The zero-order valence-corrected chi connectivity index (χ0v) is 11.0. The van der Waals surface area contributed by atoms with Crippen LogP contribution in [0.4, 0.5) is 5.69 Å². The number of rotatable bonds is 2. The van der Waals surface area contributed by atoms with Crippen molar-refractivity contribution in [3.8, 4) is 17.9 Å². The summed E-state index contributed by atoms with van der Waals surface area (Å²) in [4.78, 5) is 1.86. The number of nitriles is 2. The van der Waals surface area contributed by atoms with Crippen molar-refractivity contribution in [1.82, 2.24) is 0 Å². The second-order valence-electron chi connectivity index (χ2n) is 4.23. The molecule has 0 unspecified atom stereocenters. The summed E-state index contributed by atoms with van der Waals surface area (Å²) in [6.07, 6.45) is 3.44. The SMILES string of the molecule is CCN1C=CC(=C(C#N)C#N)c2ccc(O)c(CO)c21. The van der Waals surface area contributed by atoms with Crippen LogP contribution in [-0.4, -0.2) is 16.8 Å². The number of hydrogen-bond donors (Lipinski definition) is 2. The summed E-state index contributed by atoms with van der Waals surface area (Å²) in [5.41, 5.74) is 2.20. The van der Waals surface area contributed by atoms with Gasteiger partial charge >= 0.3 is 0 Å². The van der Waals surface area contributed by atoms with Crippen LogP contribution in [-0.2, 0) is 6.61 Å². The number of aliphatic hydroxyl groups is 1. The number of fused-ring (bicyclic) bond motifs is 1. The largest absolute Gasteiger partial charge is 0.508 e. The Morgan fingerprint density at radius 2 is 2.00 bits per heavy atom. The Morgan fingerprint density at radius 1 is 1.30 bits per heavy atom. The lowest BCUT2D eigenvalue weighted by atomic mass is 9.93. The lowest BCUT2D eigenvalue weighted by Gasteiger charge is -2.29. The molecule has 1 heterocycles. The first-order valence-corrected chi connectivity index (χ1v) is 6.13. The van der Waals surface area contributed by atoms with Gasteiger partial charge in [0.15, 0.2) is 0 Å². The average molecular weight is 267 g/mol. The van der Waals surface area contributed by atoms with Crippen LogP contribution in [0, 0.1) is 22.7 Å². The van der Waals surface area contributed by atoms with Gasteiger partial charge in [0.2, 0.25) is 0 Å². The lowest BCUT2D eigenvalue weighted by molar-refractivity contribution is 0.276. The fraction of sp³-hybridized carbons (Fsp3) is 0.200. The molecule has 5 heteroatoms. The molecule has 2 rings (SSSR count). The average Bonchev–Trinajstić information content (AvgIpc) is 2.48. The molecule has 5 nitrogen and oxygen atoms in total. The van der Waals surface area contributed by atoms with Crippen molar-refractivity contribution in [2.45, 2.75) is 13.5 Å². The molecule has 0 aliphatic carbocycles. The van der Waals surface area contributed by atoms with Gasteiger partial charge in [0.1, 0.15) is 23.5 Å². The van der Waals surface area contributed by atoms with Crippen LogP contribution in [0.2, 0.25) is 0 Å². The first-order chi connectivity index (χ1) is 9.67. The monoisotopic (exact) mass is 267 g/mol. The van der Waals surface area contributed by atoms with Gasteiger partial charge in [0, 0.05) is 29.4 Å². The van der Waals surface area contributed by atoms with E-state index in [1.165, 1.54) is 6.07 Å². The maximum atomic E-state index is 9.86. The summed E-state index contributed by atoms with van der Waals surface area (Å²) in [7, 11) is 0. The van der Waals surface area contributed by atoms with Gasteiger partial charge in [-0.2, -0.15) is 10.5 Å². The van der Waals surface area contributed by atoms with Gasteiger partial charge in [0.05, 0.1) is 12.3 Å². The van der Waals surface area contributed by atoms with Crippen LogP contribution in [0.25, 0.3) is 5.57 Å². The highest BCUT2D eigenvalue weighted by Gasteiger charge is 2.23. The Hall–Kier alpha value is -2.76. The fourth-order valence-electron chi connectivity index (χ4n) is 2.28. The number of hydrogen-bond acceptors (Lipinski definition) is 5. The first kappa shape index (κ1) is 13.7. The van der Waals surface area contributed by atoms with Gasteiger partial charge in [-0.25, -0.2) is 0 Å². The van der Waals surface area contributed by atoms with Crippen LogP contribution in [0.15, 0.2) is 30.0 Å². The minimum absolute atomic E-state index is 0.00480. The smallest absolute Gasteiger partial charge is 0.137 e. The maximum Gasteiger partial charge on any atom is 0.137 e. The van der Waals surface area contributed by atoms with Crippen molar-refractivity contribution < 1.29 is 10.2 Å². The van der Waals surface area contributed by atoms with E-state index in [2.05, 4.69) is 0 Å². The van der Waals surface area contributed by atoms with E-state index < -0.39 is 0 Å². The Labute approximate surface area is 116 Å². The number of aromatic hydroxyl groups is 1. The summed E-state index contributed by atoms with van der Waals surface area (Å²) in [6, 6.07) is 6.86. The molecular formula is C15H13N3O2. The molecule has 2 N–H and O–H groups in total. The highest BCUT2D eigenvalue weighted by Crippen LogP contribution is 2.40. The molecular weight excluding hydrogens is 254 g/mol. The van der Waals surface area contributed by atoms with Crippen molar-refractivity contribution in [3.05, 3.63) is 41.1 Å². The third kappa shape index (κ3) is 2.01. The molecule has 0 fully saturated rings. The molecule has 0 radical (unpaired) electrons. The predicted molar refractivity (Wildman–Crippen MR) is 74.3 cm³/mol. The molecule has 1 aromatic rings. The van der Waals surface area contributed by atoms with Gasteiger partial charge in [-0.15, -0.1) is 0 Å². The van der Waals surface area contributed by atoms with E-state index in [4.69, 9.17) is 10.5 Å². The Morgan fingerprint density at radius 3 is 2.55 bits per heavy atom. The second-order valence-corrected chi connectivity index (χ2v) is 4.23. The number of nitrogens with zero attached hydrogens (tertiary/aromatic N) is 3. The number of phenols is 1. The number of anilines is 1. The Kier molecular flexibility index (Phi) is 3.74. The van der Waals surface area contributed by atoms with Crippen molar-refractivity contribution >= 4 is 11.3 Å². The second kappa shape index (κ2) is 5.48. The molecule has 1 aliphatic rings. The summed E-state index contributed by atoms with van der Waals surface area (Å²) < 4.78 is 0. The van der Waals surface area contributed by atoms with Gasteiger partial charge < -0.3 is 15.1 Å². The molecule has 0 aromatic heterocycles. The zero-order valence-electron chi connectivity index (χ0n) is 11.0. The van der Waals surface area contributed by atoms with Crippen molar-refractivity contribution in [1.29, 1.82) is 10.5 Å². The van der Waals surface area contributed by atoms with E-state index in [1.807, 2.05) is 24.0 Å². The lowest BCUT2D eigenvalue weighted by Crippen LogP contribution is -2.21. The summed E-state index contributed by atoms with van der Waals surface area (Å²) in [6.45, 7) is 2.26. The van der Waals surface area contributed by atoms with Crippen LogP contribution < -0.4 is 4.90 Å². The minimum atomic E-state index is -0.318. The number of allylic oxidation sites excluding steroid dienone is 3. The van der Waals surface area contributed by atoms with Crippen molar-refractivity contribution in [2.24, 2.45) is 0 Å². The minimum Gasteiger partial charge on any atom is -0.508 e. The molecule has 1 aliphatic heterocycles. The van der Waals surface area contributed by atoms with Crippen molar-refractivity contribution in [2.75, 3.05) is 11.4 Å². The van der Waals surface area contributed by atoms with E-state index in [-0.39, 0.29) is 17.9 Å². The number of benzene rings is 1.